The SMILES string of the molecule is Cc1cccc(C2=N/C(=C\c3ccccc3OCC(=O)O)C(=O)O2)c1. The number of ether oxygens (including phenoxy) is 2. The Morgan fingerprint density at radius 3 is 2.80 bits per heavy atom. The Balaban J connectivity index is 1.91. The molecule has 0 aliphatic carbocycles. The first-order valence-electron chi connectivity index (χ1n) is 7.56. The fraction of sp³-hybridized carbons (Fsp3) is 0.105. The fourth-order valence-corrected chi connectivity index (χ4v) is 2.33. The quantitative estimate of drug-likeness (QED) is 0.670. The van der Waals surface area contributed by atoms with Crippen LogP contribution in [0.5, 0.6) is 5.75 Å². The van der Waals surface area contributed by atoms with Gasteiger partial charge in [0.2, 0.25) is 5.90 Å². The molecule has 0 bridgehead atoms. The van der Waals surface area contributed by atoms with Crippen LogP contribution in [0.2, 0.25) is 0 Å². The summed E-state index contributed by atoms with van der Waals surface area (Å²) in [5.41, 5.74) is 2.42. The minimum absolute atomic E-state index is 0.128. The number of carbonyl (C=O) groups is 2. The monoisotopic (exact) mass is 337 g/mol. The topological polar surface area (TPSA) is 85.2 Å². The zero-order chi connectivity index (χ0) is 17.8. The number of nitrogens with zero attached hydrogens (tertiary/aromatic N) is 1. The number of rotatable bonds is 5. The molecule has 0 radical (unpaired) electrons. The Hall–Kier alpha value is -3.41. The molecule has 0 fully saturated rings. The summed E-state index contributed by atoms with van der Waals surface area (Å²) in [5, 5.41) is 8.74. The number of carboxylic acids is 1. The van der Waals surface area contributed by atoms with Crippen LogP contribution in [-0.4, -0.2) is 29.5 Å². The van der Waals surface area contributed by atoms with E-state index in [-0.39, 0.29) is 11.6 Å². The summed E-state index contributed by atoms with van der Waals surface area (Å²) in [4.78, 5) is 27.0. The molecule has 1 heterocycles. The lowest BCUT2D eigenvalue weighted by molar-refractivity contribution is -0.139. The molecule has 126 valence electrons. The minimum atomic E-state index is -1.08. The maximum atomic E-state index is 12.1. The standard InChI is InChI=1S/C19H15NO5/c1-12-5-4-7-14(9-12)18-20-15(19(23)25-18)10-13-6-2-3-8-16(13)24-11-17(21)22/h2-10H,11H2,1H3,(H,21,22)/b15-10-. The van der Waals surface area contributed by atoms with Crippen molar-refractivity contribution in [3.63, 3.8) is 0 Å². The van der Waals surface area contributed by atoms with Crippen molar-refractivity contribution in [3.05, 3.63) is 70.9 Å². The Morgan fingerprint density at radius 1 is 1.24 bits per heavy atom. The maximum Gasteiger partial charge on any atom is 0.363 e. The summed E-state index contributed by atoms with van der Waals surface area (Å²) in [5.74, 6) is -1.06. The normalized spacial score (nSPS) is 15.0. The molecule has 1 aliphatic heterocycles. The van der Waals surface area contributed by atoms with Gasteiger partial charge in [-0.2, -0.15) is 0 Å². The van der Waals surface area contributed by atoms with Crippen molar-refractivity contribution in [3.8, 4) is 5.75 Å². The number of hydrogen-bond donors (Lipinski definition) is 1. The van der Waals surface area contributed by atoms with Gasteiger partial charge in [0.1, 0.15) is 5.75 Å². The van der Waals surface area contributed by atoms with Gasteiger partial charge in [-0.05, 0) is 31.2 Å². The maximum absolute atomic E-state index is 12.1. The van der Waals surface area contributed by atoms with E-state index in [1.807, 2.05) is 31.2 Å². The summed E-state index contributed by atoms with van der Waals surface area (Å²) in [6.45, 7) is 1.47. The number of esters is 1. The Labute approximate surface area is 144 Å². The van der Waals surface area contributed by atoms with E-state index < -0.39 is 18.5 Å². The molecule has 0 unspecified atom stereocenters. The molecule has 25 heavy (non-hydrogen) atoms. The second-order valence-electron chi connectivity index (χ2n) is 5.43. The molecule has 6 nitrogen and oxygen atoms in total. The van der Waals surface area contributed by atoms with E-state index >= 15 is 0 Å². The van der Waals surface area contributed by atoms with Crippen molar-refractivity contribution >= 4 is 23.9 Å². The molecule has 0 saturated carbocycles. The fourth-order valence-electron chi connectivity index (χ4n) is 2.33. The van der Waals surface area contributed by atoms with Crippen molar-refractivity contribution in [2.45, 2.75) is 6.92 Å². The second-order valence-corrected chi connectivity index (χ2v) is 5.43. The highest BCUT2D eigenvalue weighted by Crippen LogP contribution is 2.24. The molecule has 2 aromatic carbocycles. The number of hydrogen-bond acceptors (Lipinski definition) is 5. The van der Waals surface area contributed by atoms with Crippen LogP contribution in [0, 0.1) is 6.92 Å². The van der Waals surface area contributed by atoms with Crippen LogP contribution in [0.3, 0.4) is 0 Å². The van der Waals surface area contributed by atoms with Gasteiger partial charge in [0, 0.05) is 11.1 Å². The minimum Gasteiger partial charge on any atom is -0.481 e. The van der Waals surface area contributed by atoms with Gasteiger partial charge in [0.15, 0.2) is 12.3 Å². The zero-order valence-corrected chi connectivity index (χ0v) is 13.4. The molecule has 6 heteroatoms. The van der Waals surface area contributed by atoms with E-state index in [0.29, 0.717) is 16.9 Å². The number of para-hydroxylation sites is 1. The van der Waals surface area contributed by atoms with Gasteiger partial charge in [-0.1, -0.05) is 35.9 Å². The highest BCUT2D eigenvalue weighted by molar-refractivity contribution is 6.13. The Morgan fingerprint density at radius 2 is 2.04 bits per heavy atom. The van der Waals surface area contributed by atoms with Gasteiger partial charge < -0.3 is 14.6 Å². The largest absolute Gasteiger partial charge is 0.481 e. The summed E-state index contributed by atoms with van der Waals surface area (Å²) < 4.78 is 10.5. The molecule has 3 rings (SSSR count). The van der Waals surface area contributed by atoms with Crippen molar-refractivity contribution in [2.24, 2.45) is 4.99 Å². The van der Waals surface area contributed by atoms with Gasteiger partial charge in [0.25, 0.3) is 0 Å². The zero-order valence-electron chi connectivity index (χ0n) is 13.4. The molecule has 1 N–H and O–H groups in total. The van der Waals surface area contributed by atoms with E-state index in [0.717, 1.165) is 5.56 Å². The molecule has 0 saturated heterocycles. The van der Waals surface area contributed by atoms with E-state index in [2.05, 4.69) is 4.99 Å². The molecule has 0 atom stereocenters. The molecule has 2 aromatic rings. The van der Waals surface area contributed by atoms with Gasteiger partial charge >= 0.3 is 11.9 Å². The third-order valence-corrected chi connectivity index (χ3v) is 3.45. The second kappa shape index (κ2) is 7.00. The van der Waals surface area contributed by atoms with Crippen LogP contribution in [0.15, 0.2) is 59.2 Å². The first-order valence-corrected chi connectivity index (χ1v) is 7.56. The lowest BCUT2D eigenvalue weighted by Gasteiger charge is -2.06. The van der Waals surface area contributed by atoms with E-state index in [1.54, 1.807) is 24.3 Å². The van der Waals surface area contributed by atoms with Crippen molar-refractivity contribution in [1.29, 1.82) is 0 Å². The lowest BCUT2D eigenvalue weighted by Crippen LogP contribution is -2.10. The number of carbonyl (C=O) groups excluding carboxylic acids is 1. The molecule has 1 aliphatic rings. The van der Waals surface area contributed by atoms with Gasteiger partial charge in [-0.15, -0.1) is 0 Å². The van der Waals surface area contributed by atoms with E-state index in [1.165, 1.54) is 6.08 Å². The van der Waals surface area contributed by atoms with Crippen LogP contribution in [-0.2, 0) is 14.3 Å². The van der Waals surface area contributed by atoms with Gasteiger partial charge in [0.05, 0.1) is 0 Å². The first-order chi connectivity index (χ1) is 12.0. The van der Waals surface area contributed by atoms with Crippen molar-refractivity contribution in [2.75, 3.05) is 6.61 Å². The highest BCUT2D eigenvalue weighted by Gasteiger charge is 2.24. The average molecular weight is 337 g/mol. The van der Waals surface area contributed by atoms with Crippen LogP contribution < -0.4 is 4.74 Å². The first kappa shape index (κ1) is 16.4. The summed E-state index contributed by atoms with van der Waals surface area (Å²) in [7, 11) is 0. The van der Waals surface area contributed by atoms with Gasteiger partial charge in [-0.25, -0.2) is 14.6 Å². The van der Waals surface area contributed by atoms with Crippen LogP contribution in [0.25, 0.3) is 6.08 Å². The van der Waals surface area contributed by atoms with Crippen molar-refractivity contribution in [1.82, 2.24) is 0 Å². The predicted molar refractivity (Wildman–Crippen MR) is 91.4 cm³/mol. The van der Waals surface area contributed by atoms with Crippen LogP contribution in [0.1, 0.15) is 16.7 Å². The third-order valence-electron chi connectivity index (χ3n) is 3.45. The van der Waals surface area contributed by atoms with E-state index in [4.69, 9.17) is 14.6 Å². The number of benzene rings is 2. The molecule has 0 spiro atoms. The number of aliphatic carboxylic acids is 1. The van der Waals surface area contributed by atoms with Crippen LogP contribution >= 0.6 is 0 Å². The molecular formula is C19H15NO5. The third kappa shape index (κ3) is 3.92. The lowest BCUT2D eigenvalue weighted by atomic mass is 10.1. The molecular weight excluding hydrogens is 322 g/mol. The average Bonchev–Trinajstić information content (AvgIpc) is 2.95. The Bertz CT molecular complexity index is 898. The van der Waals surface area contributed by atoms with Crippen molar-refractivity contribution < 1.29 is 24.2 Å². The highest BCUT2D eigenvalue weighted by atomic mass is 16.6. The number of aryl methyl sites for hydroxylation is 1. The number of carboxylic acid groups (broad SMARTS) is 1. The molecule has 0 aromatic heterocycles. The van der Waals surface area contributed by atoms with Crippen LogP contribution in [0.4, 0.5) is 0 Å². The summed E-state index contributed by atoms with van der Waals surface area (Å²) in [6.07, 6.45) is 1.52. The summed E-state index contributed by atoms with van der Waals surface area (Å²) in [6, 6.07) is 14.3. The number of aliphatic imine (C=N–C) groups is 1. The van der Waals surface area contributed by atoms with E-state index in [9.17, 15) is 9.59 Å². The Kier molecular flexibility index (Phi) is 4.61. The smallest absolute Gasteiger partial charge is 0.363 e. The molecule has 0 amide bonds. The number of cyclic esters (lactones) is 1. The van der Waals surface area contributed by atoms with Gasteiger partial charge in [-0.3, -0.25) is 0 Å². The predicted octanol–water partition coefficient (Wildman–Crippen LogP) is 2.80. The summed E-state index contributed by atoms with van der Waals surface area (Å²) >= 11 is 0.